The SMILES string of the molecule is CNC(Cc1ccc([N+](=O)[O-])cc1C#N)C(C)C. The number of nitriles is 1. The van der Waals surface area contributed by atoms with Gasteiger partial charge in [0.2, 0.25) is 0 Å². The number of nitro groups is 1. The molecular formula is C13H17N3O2. The molecule has 0 aliphatic rings. The number of non-ortho nitro benzene ring substituents is 1. The number of rotatable bonds is 5. The number of nitro benzene ring substituents is 1. The van der Waals surface area contributed by atoms with Crippen LogP contribution in [0.25, 0.3) is 0 Å². The van der Waals surface area contributed by atoms with Crippen molar-refractivity contribution in [2.45, 2.75) is 26.3 Å². The fourth-order valence-electron chi connectivity index (χ4n) is 1.87. The minimum atomic E-state index is -0.484. The molecule has 0 aromatic heterocycles. The third kappa shape index (κ3) is 3.28. The van der Waals surface area contributed by atoms with Crippen LogP contribution in [0, 0.1) is 27.4 Å². The molecule has 0 amide bonds. The molecule has 1 aromatic rings. The Labute approximate surface area is 107 Å². The average molecular weight is 247 g/mol. The lowest BCUT2D eigenvalue weighted by Gasteiger charge is -2.20. The van der Waals surface area contributed by atoms with Crippen molar-refractivity contribution >= 4 is 5.69 Å². The van der Waals surface area contributed by atoms with Crippen molar-refractivity contribution < 1.29 is 4.92 Å². The highest BCUT2D eigenvalue weighted by atomic mass is 16.6. The fraction of sp³-hybridized carbons (Fsp3) is 0.462. The number of hydrogen-bond donors (Lipinski definition) is 1. The first-order valence-electron chi connectivity index (χ1n) is 5.84. The first-order chi connectivity index (χ1) is 8.49. The summed E-state index contributed by atoms with van der Waals surface area (Å²) in [6.07, 6.45) is 0.690. The second-order valence-electron chi connectivity index (χ2n) is 4.55. The number of likely N-dealkylation sites (N-methyl/N-ethyl adjacent to an activating group) is 1. The van der Waals surface area contributed by atoms with Gasteiger partial charge in [0.05, 0.1) is 16.6 Å². The Morgan fingerprint density at radius 2 is 2.17 bits per heavy atom. The Hall–Kier alpha value is -1.93. The summed E-state index contributed by atoms with van der Waals surface area (Å²) in [5.41, 5.74) is 1.18. The molecule has 0 heterocycles. The van der Waals surface area contributed by atoms with Crippen LogP contribution in [-0.2, 0) is 6.42 Å². The third-order valence-corrected chi connectivity index (χ3v) is 3.04. The van der Waals surface area contributed by atoms with Crippen LogP contribution in [0.2, 0.25) is 0 Å². The second kappa shape index (κ2) is 6.12. The molecule has 0 bridgehead atoms. The maximum atomic E-state index is 10.7. The Balaban J connectivity index is 3.03. The lowest BCUT2D eigenvalue weighted by molar-refractivity contribution is -0.384. The van der Waals surface area contributed by atoms with Gasteiger partial charge in [0.15, 0.2) is 0 Å². The highest BCUT2D eigenvalue weighted by Gasteiger charge is 2.16. The van der Waals surface area contributed by atoms with Gasteiger partial charge in [-0.1, -0.05) is 19.9 Å². The quantitative estimate of drug-likeness (QED) is 0.639. The molecule has 5 nitrogen and oxygen atoms in total. The zero-order valence-electron chi connectivity index (χ0n) is 10.8. The van der Waals surface area contributed by atoms with Gasteiger partial charge in [-0.15, -0.1) is 0 Å². The van der Waals surface area contributed by atoms with Gasteiger partial charge in [0.25, 0.3) is 5.69 Å². The van der Waals surface area contributed by atoms with E-state index in [1.807, 2.05) is 13.1 Å². The molecule has 0 radical (unpaired) electrons. The molecule has 0 spiro atoms. The van der Waals surface area contributed by atoms with Gasteiger partial charge in [-0.2, -0.15) is 5.26 Å². The highest BCUT2D eigenvalue weighted by molar-refractivity contribution is 5.46. The Morgan fingerprint density at radius 1 is 1.50 bits per heavy atom. The van der Waals surface area contributed by atoms with Gasteiger partial charge in [-0.05, 0) is 24.9 Å². The molecule has 1 N–H and O–H groups in total. The molecule has 1 atom stereocenters. The van der Waals surface area contributed by atoms with E-state index in [-0.39, 0.29) is 11.7 Å². The summed E-state index contributed by atoms with van der Waals surface area (Å²) in [6, 6.07) is 6.73. The van der Waals surface area contributed by atoms with E-state index in [9.17, 15) is 10.1 Å². The van der Waals surface area contributed by atoms with Crippen LogP contribution in [-0.4, -0.2) is 18.0 Å². The van der Waals surface area contributed by atoms with Gasteiger partial charge >= 0.3 is 0 Å². The van der Waals surface area contributed by atoms with E-state index < -0.39 is 4.92 Å². The highest BCUT2D eigenvalue weighted by Crippen LogP contribution is 2.20. The van der Waals surface area contributed by atoms with Crippen LogP contribution in [0.5, 0.6) is 0 Å². The molecule has 1 aromatic carbocycles. The van der Waals surface area contributed by atoms with Crippen molar-refractivity contribution in [1.82, 2.24) is 5.32 Å². The van der Waals surface area contributed by atoms with E-state index in [4.69, 9.17) is 5.26 Å². The average Bonchev–Trinajstić information content (AvgIpc) is 2.35. The van der Waals surface area contributed by atoms with Crippen LogP contribution in [0.15, 0.2) is 18.2 Å². The predicted molar refractivity (Wildman–Crippen MR) is 69.2 cm³/mol. The molecule has 18 heavy (non-hydrogen) atoms. The van der Waals surface area contributed by atoms with Gasteiger partial charge in [-0.3, -0.25) is 10.1 Å². The van der Waals surface area contributed by atoms with E-state index in [0.717, 1.165) is 5.56 Å². The zero-order valence-corrected chi connectivity index (χ0v) is 10.8. The third-order valence-electron chi connectivity index (χ3n) is 3.04. The van der Waals surface area contributed by atoms with Crippen molar-refractivity contribution in [2.24, 2.45) is 5.92 Å². The van der Waals surface area contributed by atoms with E-state index in [1.54, 1.807) is 6.07 Å². The van der Waals surface area contributed by atoms with Crippen molar-refractivity contribution in [3.63, 3.8) is 0 Å². The molecule has 0 aliphatic carbocycles. The van der Waals surface area contributed by atoms with E-state index >= 15 is 0 Å². The second-order valence-corrected chi connectivity index (χ2v) is 4.55. The van der Waals surface area contributed by atoms with Crippen molar-refractivity contribution in [3.05, 3.63) is 39.4 Å². The largest absolute Gasteiger partial charge is 0.316 e. The lowest BCUT2D eigenvalue weighted by Crippen LogP contribution is -2.32. The van der Waals surface area contributed by atoms with Crippen LogP contribution in [0.4, 0.5) is 5.69 Å². The maximum Gasteiger partial charge on any atom is 0.270 e. The maximum absolute atomic E-state index is 10.7. The summed E-state index contributed by atoms with van der Waals surface area (Å²) in [4.78, 5) is 10.2. The number of hydrogen-bond acceptors (Lipinski definition) is 4. The summed E-state index contributed by atoms with van der Waals surface area (Å²) in [7, 11) is 1.88. The predicted octanol–water partition coefficient (Wildman–Crippen LogP) is 2.25. The Morgan fingerprint density at radius 3 is 2.61 bits per heavy atom. The van der Waals surface area contributed by atoms with Crippen LogP contribution in [0.3, 0.4) is 0 Å². The van der Waals surface area contributed by atoms with E-state index in [1.165, 1.54) is 12.1 Å². The van der Waals surface area contributed by atoms with E-state index in [0.29, 0.717) is 17.9 Å². The lowest BCUT2D eigenvalue weighted by atomic mass is 9.94. The summed E-state index contributed by atoms with van der Waals surface area (Å²) < 4.78 is 0. The van der Waals surface area contributed by atoms with Gasteiger partial charge in [0.1, 0.15) is 0 Å². The van der Waals surface area contributed by atoms with Crippen LogP contribution < -0.4 is 5.32 Å². The van der Waals surface area contributed by atoms with Crippen LogP contribution in [0.1, 0.15) is 25.0 Å². The summed E-state index contributed by atoms with van der Waals surface area (Å²) in [5.74, 6) is 0.428. The molecule has 0 fully saturated rings. The first-order valence-corrected chi connectivity index (χ1v) is 5.84. The summed E-state index contributed by atoms with van der Waals surface area (Å²) in [6.45, 7) is 4.19. The topological polar surface area (TPSA) is 79.0 Å². The van der Waals surface area contributed by atoms with Gasteiger partial charge in [0, 0.05) is 18.2 Å². The number of nitrogens with zero attached hydrogens (tertiary/aromatic N) is 2. The van der Waals surface area contributed by atoms with Crippen molar-refractivity contribution in [3.8, 4) is 6.07 Å². The number of benzene rings is 1. The summed E-state index contributed by atoms with van der Waals surface area (Å²) in [5, 5.41) is 22.9. The molecular weight excluding hydrogens is 230 g/mol. The summed E-state index contributed by atoms with van der Waals surface area (Å²) >= 11 is 0. The van der Waals surface area contributed by atoms with Crippen molar-refractivity contribution in [2.75, 3.05) is 7.05 Å². The molecule has 96 valence electrons. The smallest absolute Gasteiger partial charge is 0.270 e. The van der Waals surface area contributed by atoms with E-state index in [2.05, 4.69) is 19.2 Å². The molecule has 1 unspecified atom stereocenters. The minimum Gasteiger partial charge on any atom is -0.316 e. The molecule has 0 aliphatic heterocycles. The monoisotopic (exact) mass is 247 g/mol. The standard InChI is InChI=1S/C13H17N3O2/c1-9(2)13(15-3)7-10-4-5-12(16(17)18)6-11(10)8-14/h4-6,9,13,15H,7H2,1-3H3. The first kappa shape index (κ1) is 14.1. The van der Waals surface area contributed by atoms with Crippen molar-refractivity contribution in [1.29, 1.82) is 5.26 Å². The Kier molecular flexibility index (Phi) is 4.81. The molecule has 1 rings (SSSR count). The van der Waals surface area contributed by atoms with Crippen LogP contribution >= 0.6 is 0 Å². The molecule has 0 saturated carbocycles. The Bertz CT molecular complexity index is 478. The number of nitrogens with one attached hydrogen (secondary N) is 1. The fourth-order valence-corrected chi connectivity index (χ4v) is 1.87. The minimum absolute atomic E-state index is 0.0409. The zero-order chi connectivity index (χ0) is 13.7. The van der Waals surface area contributed by atoms with Gasteiger partial charge in [-0.25, -0.2) is 0 Å². The normalized spacial score (nSPS) is 12.2. The molecule has 0 saturated heterocycles. The van der Waals surface area contributed by atoms with Gasteiger partial charge < -0.3 is 5.32 Å². The molecule has 5 heteroatoms.